The number of anilines is 4. The van der Waals surface area contributed by atoms with Crippen LogP contribution >= 0.6 is 23.2 Å². The van der Waals surface area contributed by atoms with E-state index in [4.69, 9.17) is 32.7 Å². The molecule has 8 N–H and O–H groups in total. The predicted octanol–water partition coefficient (Wildman–Crippen LogP) is 6.53. The summed E-state index contributed by atoms with van der Waals surface area (Å²) in [6.07, 6.45) is -0.374. The summed E-state index contributed by atoms with van der Waals surface area (Å²) in [6, 6.07) is 21.0. The maximum Gasteiger partial charge on any atom is 0.339 e. The predicted molar refractivity (Wildman–Crippen MR) is 220 cm³/mol. The number of nitrogens with zero attached hydrogens (tertiary/aromatic N) is 1. The molecule has 0 aliphatic rings. The summed E-state index contributed by atoms with van der Waals surface area (Å²) in [5, 5.41) is 53.1. The number of carbonyl (C=O) groups is 6. The van der Waals surface area contributed by atoms with Crippen molar-refractivity contribution < 1.29 is 53.6 Å². The van der Waals surface area contributed by atoms with Crippen molar-refractivity contribution in [1.82, 2.24) is 5.32 Å². The first-order valence-corrected chi connectivity index (χ1v) is 18.0. The third kappa shape index (κ3) is 10.2. The highest BCUT2D eigenvalue weighted by Crippen LogP contribution is 2.40. The van der Waals surface area contributed by atoms with Gasteiger partial charge in [-0.05, 0) is 91.0 Å². The van der Waals surface area contributed by atoms with Gasteiger partial charge >= 0.3 is 5.97 Å². The molecule has 0 radical (unpaired) electrons. The minimum absolute atomic E-state index is 0.0210. The standard InChI is InChI=1S/C41H32Cl2N6O11/c1-59-34-29(13-11-27(32(34)50)39(55)48-30-14-12-28(41(57)58)33(51)35(30)60-2)47-36(52)20-5-9-26(10-6-20)46-40(56)31(15-16-44)49-37(53)21-3-7-25(8-4-21)45-38(54)22-17-23(42)19-24(43)18-22/h3-14,17-19,31,50-51H,15H2,1-2H3,(H,45,54)(H,46,56)(H,47,52)(H,48,55)(H,49,53)(H,57,58)/t31-/m0/s1. The summed E-state index contributed by atoms with van der Waals surface area (Å²) >= 11 is 11.9. The van der Waals surface area contributed by atoms with Crippen LogP contribution in [0.2, 0.25) is 10.0 Å². The van der Waals surface area contributed by atoms with Gasteiger partial charge in [-0.3, -0.25) is 24.0 Å². The normalized spacial score (nSPS) is 10.9. The van der Waals surface area contributed by atoms with Crippen molar-refractivity contribution in [3.8, 4) is 29.1 Å². The number of phenolic OH excluding ortho intramolecular Hbond substituents is 1. The maximum atomic E-state index is 13.2. The fourth-order valence-electron chi connectivity index (χ4n) is 5.56. The number of methoxy groups -OCH3 is 2. The third-order valence-corrected chi connectivity index (χ3v) is 8.94. The lowest BCUT2D eigenvalue weighted by Crippen LogP contribution is -2.43. The number of carbonyl (C=O) groups excluding carboxylic acids is 5. The highest BCUT2D eigenvalue weighted by atomic mass is 35.5. The zero-order valence-corrected chi connectivity index (χ0v) is 32.8. The Hall–Kier alpha value is -7.81. The van der Waals surface area contributed by atoms with Crippen molar-refractivity contribution in [2.45, 2.75) is 12.5 Å². The van der Waals surface area contributed by atoms with E-state index >= 15 is 0 Å². The van der Waals surface area contributed by atoms with Crippen molar-refractivity contribution in [2.24, 2.45) is 0 Å². The van der Waals surface area contributed by atoms with Crippen molar-refractivity contribution in [1.29, 1.82) is 5.26 Å². The van der Waals surface area contributed by atoms with Crippen LogP contribution in [0.3, 0.4) is 0 Å². The number of amides is 5. The number of phenols is 2. The second kappa shape index (κ2) is 19.1. The molecule has 19 heteroatoms. The first kappa shape index (κ1) is 43.3. The molecule has 5 aromatic rings. The number of carboxylic acid groups (broad SMARTS) is 1. The summed E-state index contributed by atoms with van der Waals surface area (Å²) in [5.41, 5.74) is 0.165. The molecule has 0 aliphatic heterocycles. The topological polar surface area (TPSA) is 266 Å². The fourth-order valence-corrected chi connectivity index (χ4v) is 6.09. The number of nitrogens with one attached hydrogen (secondary N) is 5. The lowest BCUT2D eigenvalue weighted by atomic mass is 10.1. The minimum Gasteiger partial charge on any atom is -0.504 e. The van der Waals surface area contributed by atoms with E-state index in [2.05, 4.69) is 26.6 Å². The molecule has 5 rings (SSSR count). The van der Waals surface area contributed by atoms with Crippen LogP contribution in [0, 0.1) is 11.3 Å². The maximum absolute atomic E-state index is 13.2. The van der Waals surface area contributed by atoms with Crippen molar-refractivity contribution >= 4 is 81.5 Å². The monoisotopic (exact) mass is 854 g/mol. The largest absolute Gasteiger partial charge is 0.504 e. The van der Waals surface area contributed by atoms with Gasteiger partial charge in [0.05, 0.1) is 43.6 Å². The van der Waals surface area contributed by atoms with Gasteiger partial charge in [0.15, 0.2) is 23.0 Å². The average molecular weight is 856 g/mol. The third-order valence-electron chi connectivity index (χ3n) is 8.50. The molecule has 0 saturated carbocycles. The Labute approximate surface area is 350 Å². The van der Waals surface area contributed by atoms with E-state index in [-0.39, 0.29) is 67.3 Å². The number of benzene rings is 5. The van der Waals surface area contributed by atoms with Gasteiger partial charge in [-0.15, -0.1) is 0 Å². The summed E-state index contributed by atoms with van der Waals surface area (Å²) in [5.74, 6) is -6.84. The number of ether oxygens (including phenoxy) is 2. The summed E-state index contributed by atoms with van der Waals surface area (Å²) in [6.45, 7) is 0. The Bertz CT molecular complexity index is 2540. The Morgan fingerprint density at radius 3 is 1.60 bits per heavy atom. The zero-order valence-electron chi connectivity index (χ0n) is 31.3. The molecular formula is C41H32Cl2N6O11. The van der Waals surface area contributed by atoms with Crippen LogP contribution in [0.25, 0.3) is 0 Å². The van der Waals surface area contributed by atoms with E-state index in [9.17, 15) is 49.3 Å². The number of hydrogen-bond acceptors (Lipinski definition) is 11. The van der Waals surface area contributed by atoms with E-state index in [1.165, 1.54) is 92.0 Å². The van der Waals surface area contributed by atoms with E-state index in [1.54, 1.807) is 0 Å². The lowest BCUT2D eigenvalue weighted by Gasteiger charge is -2.17. The van der Waals surface area contributed by atoms with Crippen LogP contribution in [-0.2, 0) is 4.79 Å². The molecule has 0 unspecified atom stereocenters. The molecule has 5 aromatic carbocycles. The van der Waals surface area contributed by atoms with Gasteiger partial charge in [0, 0.05) is 38.1 Å². The highest BCUT2D eigenvalue weighted by molar-refractivity contribution is 6.35. The minimum atomic E-state index is -1.43. The second-order valence-electron chi connectivity index (χ2n) is 12.4. The van der Waals surface area contributed by atoms with Gasteiger partial charge in [0.25, 0.3) is 23.6 Å². The number of rotatable bonds is 14. The van der Waals surface area contributed by atoms with E-state index in [1.807, 2.05) is 6.07 Å². The van der Waals surface area contributed by atoms with Crippen LogP contribution in [0.5, 0.6) is 23.0 Å². The summed E-state index contributed by atoms with van der Waals surface area (Å²) < 4.78 is 10.3. The Morgan fingerprint density at radius 2 is 1.08 bits per heavy atom. The van der Waals surface area contributed by atoms with Crippen molar-refractivity contribution in [3.63, 3.8) is 0 Å². The summed E-state index contributed by atoms with van der Waals surface area (Å²) in [4.78, 5) is 76.4. The number of hydrogen-bond donors (Lipinski definition) is 8. The molecule has 0 aliphatic carbocycles. The summed E-state index contributed by atoms with van der Waals surface area (Å²) in [7, 11) is 2.35. The van der Waals surface area contributed by atoms with Gasteiger partial charge in [-0.1, -0.05) is 23.2 Å². The quantitative estimate of drug-likeness (QED) is 0.0593. The van der Waals surface area contributed by atoms with Crippen LogP contribution < -0.4 is 36.1 Å². The SMILES string of the molecule is COc1c(NC(=O)c2ccc(NC(=O)c3ccc(NC(=O)[C@H](CC#N)NC(=O)c4ccc(NC(=O)c5cc(Cl)cc(Cl)c5)cc4)cc3)c(OC)c2O)ccc(C(=O)O)c1O. The molecule has 17 nitrogen and oxygen atoms in total. The van der Waals surface area contributed by atoms with E-state index in [0.29, 0.717) is 5.69 Å². The second-order valence-corrected chi connectivity index (χ2v) is 13.3. The number of carboxylic acids is 1. The number of aromatic carboxylic acids is 1. The molecule has 0 spiro atoms. The van der Waals surface area contributed by atoms with Crippen LogP contribution in [0.1, 0.15) is 58.2 Å². The molecule has 5 amide bonds. The van der Waals surface area contributed by atoms with E-state index < -0.39 is 58.6 Å². The van der Waals surface area contributed by atoms with Gasteiger partial charge < -0.3 is 51.4 Å². The lowest BCUT2D eigenvalue weighted by molar-refractivity contribution is -0.117. The molecule has 1 atom stereocenters. The molecular weight excluding hydrogens is 823 g/mol. The van der Waals surface area contributed by atoms with Crippen LogP contribution in [0.15, 0.2) is 91.0 Å². The zero-order chi connectivity index (χ0) is 43.7. The number of nitriles is 1. The highest BCUT2D eigenvalue weighted by Gasteiger charge is 2.25. The van der Waals surface area contributed by atoms with Crippen molar-refractivity contribution in [2.75, 3.05) is 35.5 Å². The fraction of sp³-hybridized carbons (Fsp3) is 0.0976. The molecule has 306 valence electrons. The van der Waals surface area contributed by atoms with Gasteiger partial charge in [0.1, 0.15) is 11.6 Å². The molecule has 0 aromatic heterocycles. The number of halogens is 2. The Morgan fingerprint density at radius 1 is 0.617 bits per heavy atom. The van der Waals surface area contributed by atoms with E-state index in [0.717, 1.165) is 13.2 Å². The van der Waals surface area contributed by atoms with Crippen molar-refractivity contribution in [3.05, 3.63) is 129 Å². The molecule has 0 saturated heterocycles. The number of aromatic hydroxyl groups is 2. The molecule has 0 bridgehead atoms. The van der Waals surface area contributed by atoms with Crippen LogP contribution in [0.4, 0.5) is 22.7 Å². The van der Waals surface area contributed by atoms with Gasteiger partial charge in [0.2, 0.25) is 5.91 Å². The first-order chi connectivity index (χ1) is 28.6. The van der Waals surface area contributed by atoms with Crippen LogP contribution in [-0.4, -0.2) is 71.1 Å². The first-order valence-electron chi connectivity index (χ1n) is 17.3. The Kier molecular flexibility index (Phi) is 13.8. The average Bonchev–Trinajstić information content (AvgIpc) is 3.20. The molecule has 0 fully saturated rings. The van der Waals surface area contributed by atoms with Gasteiger partial charge in [-0.2, -0.15) is 5.26 Å². The smallest absolute Gasteiger partial charge is 0.339 e. The molecule has 60 heavy (non-hydrogen) atoms. The Balaban J connectivity index is 1.20. The molecule has 0 heterocycles. The van der Waals surface area contributed by atoms with Gasteiger partial charge in [-0.25, -0.2) is 4.79 Å².